The van der Waals surface area contributed by atoms with Gasteiger partial charge in [0, 0.05) is 19.6 Å². The Morgan fingerprint density at radius 1 is 1.26 bits per heavy atom. The van der Waals surface area contributed by atoms with E-state index >= 15 is 0 Å². The Bertz CT molecular complexity index is 269. The van der Waals surface area contributed by atoms with Crippen molar-refractivity contribution >= 4 is 5.91 Å². The van der Waals surface area contributed by atoms with Crippen molar-refractivity contribution in [3.8, 4) is 0 Å². The van der Waals surface area contributed by atoms with Crippen LogP contribution in [0, 0.1) is 11.8 Å². The van der Waals surface area contributed by atoms with Crippen molar-refractivity contribution in [3.63, 3.8) is 0 Å². The van der Waals surface area contributed by atoms with E-state index in [1.54, 1.807) is 0 Å². The highest BCUT2D eigenvalue weighted by Crippen LogP contribution is 2.19. The Kier molecular flexibility index (Phi) is 6.80. The molecule has 1 atom stereocenters. The summed E-state index contributed by atoms with van der Waals surface area (Å²) in [5.74, 6) is 1.09. The summed E-state index contributed by atoms with van der Waals surface area (Å²) in [4.78, 5) is 16.6. The Hall–Kier alpha value is -0.610. The third-order valence-electron chi connectivity index (χ3n) is 4.34. The smallest absolute Gasteiger partial charge is 0.239 e. The van der Waals surface area contributed by atoms with Crippen LogP contribution in [0.1, 0.15) is 40.5 Å². The first-order valence-corrected chi connectivity index (χ1v) is 7.76. The number of piperidine rings is 1. The molecule has 1 unspecified atom stereocenters. The van der Waals surface area contributed by atoms with Crippen molar-refractivity contribution in [2.45, 2.75) is 46.6 Å². The van der Waals surface area contributed by atoms with Gasteiger partial charge in [-0.05, 0) is 37.8 Å². The topological polar surface area (TPSA) is 49.6 Å². The van der Waals surface area contributed by atoms with Gasteiger partial charge in [-0.1, -0.05) is 27.7 Å². The van der Waals surface area contributed by atoms with Gasteiger partial charge in [-0.25, -0.2) is 0 Å². The van der Waals surface area contributed by atoms with Crippen LogP contribution < -0.4 is 5.73 Å². The molecule has 0 bridgehead atoms. The summed E-state index contributed by atoms with van der Waals surface area (Å²) in [6.07, 6.45) is 2.24. The fourth-order valence-electron chi connectivity index (χ4n) is 2.68. The molecule has 112 valence electrons. The average Bonchev–Trinajstić information content (AvgIpc) is 2.43. The van der Waals surface area contributed by atoms with Gasteiger partial charge in [0.15, 0.2) is 0 Å². The van der Waals surface area contributed by atoms with E-state index in [1.807, 2.05) is 18.7 Å². The molecule has 0 aromatic heterocycles. The van der Waals surface area contributed by atoms with Crippen LogP contribution >= 0.6 is 0 Å². The number of carbonyl (C=O) groups is 1. The summed E-state index contributed by atoms with van der Waals surface area (Å²) >= 11 is 0. The first-order chi connectivity index (χ1) is 8.99. The van der Waals surface area contributed by atoms with E-state index in [2.05, 4.69) is 18.7 Å². The zero-order chi connectivity index (χ0) is 14.4. The SMILES string of the molecule is CCN(CC)CC1CCN(C(=O)C(N)C(C)C)CC1. The number of likely N-dealkylation sites (tertiary alicyclic amines) is 1. The molecule has 4 nitrogen and oxygen atoms in total. The van der Waals surface area contributed by atoms with Gasteiger partial charge in [0.25, 0.3) is 0 Å². The van der Waals surface area contributed by atoms with E-state index in [9.17, 15) is 4.79 Å². The quantitative estimate of drug-likeness (QED) is 0.796. The number of hydrogen-bond donors (Lipinski definition) is 1. The zero-order valence-electron chi connectivity index (χ0n) is 13.1. The van der Waals surface area contributed by atoms with E-state index < -0.39 is 0 Å². The van der Waals surface area contributed by atoms with Gasteiger partial charge >= 0.3 is 0 Å². The molecule has 1 aliphatic rings. The summed E-state index contributed by atoms with van der Waals surface area (Å²) in [6, 6.07) is -0.334. The van der Waals surface area contributed by atoms with E-state index in [1.165, 1.54) is 6.54 Å². The summed E-state index contributed by atoms with van der Waals surface area (Å²) in [7, 11) is 0. The molecule has 0 radical (unpaired) electrons. The molecule has 0 saturated carbocycles. The Labute approximate surface area is 118 Å². The van der Waals surface area contributed by atoms with Gasteiger partial charge < -0.3 is 15.5 Å². The minimum atomic E-state index is -0.334. The largest absolute Gasteiger partial charge is 0.341 e. The first-order valence-electron chi connectivity index (χ1n) is 7.76. The number of nitrogens with zero attached hydrogens (tertiary/aromatic N) is 2. The second-order valence-corrected chi connectivity index (χ2v) is 6.02. The van der Waals surface area contributed by atoms with Crippen molar-refractivity contribution in [1.29, 1.82) is 0 Å². The molecule has 1 amide bonds. The number of hydrogen-bond acceptors (Lipinski definition) is 3. The average molecular weight is 269 g/mol. The molecule has 1 saturated heterocycles. The molecule has 19 heavy (non-hydrogen) atoms. The molecule has 2 N–H and O–H groups in total. The molecular formula is C15H31N3O. The molecule has 0 aromatic carbocycles. The summed E-state index contributed by atoms with van der Waals surface area (Å²) in [5, 5.41) is 0. The fraction of sp³-hybridized carbons (Fsp3) is 0.933. The fourth-order valence-corrected chi connectivity index (χ4v) is 2.68. The van der Waals surface area contributed by atoms with Gasteiger partial charge in [0.2, 0.25) is 5.91 Å². The number of nitrogens with two attached hydrogens (primary N) is 1. The third-order valence-corrected chi connectivity index (χ3v) is 4.34. The summed E-state index contributed by atoms with van der Waals surface area (Å²) in [6.45, 7) is 13.6. The second kappa shape index (κ2) is 7.85. The van der Waals surface area contributed by atoms with Crippen LogP contribution in [-0.2, 0) is 4.79 Å². The Balaban J connectivity index is 2.38. The normalized spacial score (nSPS) is 19.2. The molecule has 1 rings (SSSR count). The molecule has 0 aromatic rings. The molecule has 4 heteroatoms. The van der Waals surface area contributed by atoms with Crippen molar-refractivity contribution < 1.29 is 4.79 Å². The Morgan fingerprint density at radius 3 is 2.21 bits per heavy atom. The monoisotopic (exact) mass is 269 g/mol. The van der Waals surface area contributed by atoms with Gasteiger partial charge in [0.05, 0.1) is 6.04 Å². The first kappa shape index (κ1) is 16.4. The lowest BCUT2D eigenvalue weighted by molar-refractivity contribution is -0.135. The molecular weight excluding hydrogens is 238 g/mol. The Morgan fingerprint density at radius 2 is 1.79 bits per heavy atom. The maximum absolute atomic E-state index is 12.2. The molecule has 1 aliphatic heterocycles. The standard InChI is InChI=1S/C15H31N3O/c1-5-17(6-2)11-13-7-9-18(10-8-13)15(19)14(16)12(3)4/h12-14H,5-11,16H2,1-4H3. The predicted molar refractivity (Wildman–Crippen MR) is 79.9 cm³/mol. The predicted octanol–water partition coefficient (Wildman–Crippen LogP) is 1.55. The van der Waals surface area contributed by atoms with Crippen LogP contribution in [0.2, 0.25) is 0 Å². The maximum Gasteiger partial charge on any atom is 0.239 e. The van der Waals surface area contributed by atoms with Crippen molar-refractivity contribution in [1.82, 2.24) is 9.80 Å². The second-order valence-electron chi connectivity index (χ2n) is 6.02. The number of amides is 1. The van der Waals surface area contributed by atoms with Crippen LogP contribution in [0.3, 0.4) is 0 Å². The van der Waals surface area contributed by atoms with Crippen LogP contribution in [-0.4, -0.2) is 54.5 Å². The van der Waals surface area contributed by atoms with Crippen LogP contribution in [0.5, 0.6) is 0 Å². The van der Waals surface area contributed by atoms with E-state index in [0.29, 0.717) is 0 Å². The third kappa shape index (κ3) is 4.77. The number of carbonyl (C=O) groups excluding carboxylic acids is 1. The lowest BCUT2D eigenvalue weighted by Gasteiger charge is -2.36. The lowest BCUT2D eigenvalue weighted by atomic mass is 9.94. The van der Waals surface area contributed by atoms with Crippen LogP contribution in [0.15, 0.2) is 0 Å². The molecule has 0 spiro atoms. The molecule has 1 heterocycles. The lowest BCUT2D eigenvalue weighted by Crippen LogP contribution is -2.50. The minimum absolute atomic E-state index is 0.135. The van der Waals surface area contributed by atoms with Crippen LogP contribution in [0.25, 0.3) is 0 Å². The minimum Gasteiger partial charge on any atom is -0.341 e. The van der Waals surface area contributed by atoms with E-state index in [4.69, 9.17) is 5.73 Å². The van der Waals surface area contributed by atoms with Gasteiger partial charge in [-0.2, -0.15) is 0 Å². The van der Waals surface area contributed by atoms with Gasteiger partial charge in [-0.3, -0.25) is 4.79 Å². The zero-order valence-corrected chi connectivity index (χ0v) is 13.1. The van der Waals surface area contributed by atoms with E-state index in [0.717, 1.165) is 44.9 Å². The van der Waals surface area contributed by atoms with Crippen molar-refractivity contribution in [2.75, 3.05) is 32.7 Å². The van der Waals surface area contributed by atoms with Crippen molar-refractivity contribution in [3.05, 3.63) is 0 Å². The van der Waals surface area contributed by atoms with Crippen molar-refractivity contribution in [2.24, 2.45) is 17.6 Å². The number of rotatable bonds is 6. The molecule has 0 aliphatic carbocycles. The highest BCUT2D eigenvalue weighted by atomic mass is 16.2. The van der Waals surface area contributed by atoms with Gasteiger partial charge in [0.1, 0.15) is 0 Å². The van der Waals surface area contributed by atoms with Gasteiger partial charge in [-0.15, -0.1) is 0 Å². The van der Waals surface area contributed by atoms with Crippen LogP contribution in [0.4, 0.5) is 0 Å². The highest BCUT2D eigenvalue weighted by molar-refractivity contribution is 5.82. The van der Waals surface area contributed by atoms with E-state index in [-0.39, 0.29) is 17.9 Å². The highest BCUT2D eigenvalue weighted by Gasteiger charge is 2.28. The summed E-state index contributed by atoms with van der Waals surface area (Å²) in [5.41, 5.74) is 5.95. The maximum atomic E-state index is 12.2. The molecule has 1 fully saturated rings. The summed E-state index contributed by atoms with van der Waals surface area (Å²) < 4.78 is 0.